The third-order valence-corrected chi connectivity index (χ3v) is 4.07. The zero-order valence-corrected chi connectivity index (χ0v) is 12.2. The second-order valence-corrected chi connectivity index (χ2v) is 5.51. The van der Waals surface area contributed by atoms with Crippen molar-refractivity contribution in [1.82, 2.24) is 14.8 Å². The van der Waals surface area contributed by atoms with Crippen LogP contribution < -0.4 is 4.90 Å². The van der Waals surface area contributed by atoms with E-state index in [0.717, 1.165) is 24.7 Å². The van der Waals surface area contributed by atoms with E-state index in [1.807, 2.05) is 34.9 Å². The number of fused-ring (bicyclic) bond motifs is 1. The van der Waals surface area contributed by atoms with Crippen molar-refractivity contribution in [2.45, 2.75) is 13.1 Å². The van der Waals surface area contributed by atoms with Gasteiger partial charge >= 0.3 is 0 Å². The van der Waals surface area contributed by atoms with Gasteiger partial charge in [0.25, 0.3) is 0 Å². The first-order valence-electron chi connectivity index (χ1n) is 6.87. The Morgan fingerprint density at radius 2 is 1.52 bits per heavy atom. The van der Waals surface area contributed by atoms with Gasteiger partial charge in [0.2, 0.25) is 10.7 Å². The molecule has 0 saturated carbocycles. The topological polar surface area (TPSA) is 36.9 Å². The van der Waals surface area contributed by atoms with Crippen LogP contribution in [0.5, 0.6) is 0 Å². The number of nitrogens with one attached hydrogen (secondary N) is 1. The molecule has 1 aliphatic rings. The molecule has 0 aliphatic carbocycles. The van der Waals surface area contributed by atoms with Crippen molar-refractivity contribution in [1.29, 1.82) is 0 Å². The number of anilines is 1. The van der Waals surface area contributed by atoms with Gasteiger partial charge in [-0.3, -0.25) is 4.57 Å². The van der Waals surface area contributed by atoms with E-state index < -0.39 is 0 Å². The Labute approximate surface area is 127 Å². The van der Waals surface area contributed by atoms with E-state index in [0.29, 0.717) is 4.77 Å². The molecule has 0 saturated heterocycles. The second-order valence-electron chi connectivity index (χ2n) is 5.12. The Morgan fingerprint density at radius 1 is 0.905 bits per heavy atom. The van der Waals surface area contributed by atoms with Gasteiger partial charge in [0.05, 0.1) is 5.69 Å². The lowest BCUT2D eigenvalue weighted by atomic mass is 10.1. The summed E-state index contributed by atoms with van der Waals surface area (Å²) in [7, 11) is 0. The minimum Gasteiger partial charge on any atom is -0.332 e. The fourth-order valence-corrected chi connectivity index (χ4v) is 3.02. The van der Waals surface area contributed by atoms with Crippen LogP contribution in [0, 0.1) is 4.77 Å². The van der Waals surface area contributed by atoms with E-state index in [1.54, 1.807) is 0 Å². The fourth-order valence-electron chi connectivity index (χ4n) is 2.79. The second kappa shape index (κ2) is 4.86. The Kier molecular flexibility index (Phi) is 2.86. The average Bonchev–Trinajstić information content (AvgIpc) is 3.11. The summed E-state index contributed by atoms with van der Waals surface area (Å²) in [6, 6.07) is 18.6. The minimum atomic E-state index is 0.618. The zero-order valence-electron chi connectivity index (χ0n) is 11.4. The van der Waals surface area contributed by atoms with Crippen LogP contribution in [-0.2, 0) is 13.1 Å². The fraction of sp³-hybridized carbons (Fsp3) is 0.125. The monoisotopic (exact) mass is 294 g/mol. The van der Waals surface area contributed by atoms with Crippen LogP contribution in [0.2, 0.25) is 0 Å². The van der Waals surface area contributed by atoms with E-state index in [9.17, 15) is 0 Å². The number of para-hydroxylation sites is 1. The summed E-state index contributed by atoms with van der Waals surface area (Å²) >= 11 is 5.39. The molecule has 4 rings (SSSR count). The Balaban J connectivity index is 1.77. The highest BCUT2D eigenvalue weighted by molar-refractivity contribution is 7.71. The molecule has 21 heavy (non-hydrogen) atoms. The molecular weight excluding hydrogens is 280 g/mol. The molecule has 5 heteroatoms. The lowest BCUT2D eigenvalue weighted by Crippen LogP contribution is -2.19. The highest BCUT2D eigenvalue weighted by Crippen LogP contribution is 2.28. The van der Waals surface area contributed by atoms with Gasteiger partial charge < -0.3 is 4.90 Å². The predicted octanol–water partition coefficient (Wildman–Crippen LogP) is 3.45. The molecule has 2 aromatic carbocycles. The van der Waals surface area contributed by atoms with Crippen molar-refractivity contribution in [2.75, 3.05) is 4.90 Å². The van der Waals surface area contributed by atoms with Gasteiger partial charge in [0.1, 0.15) is 0 Å². The number of rotatable bonds is 2. The number of benzene rings is 2. The zero-order chi connectivity index (χ0) is 14.2. The highest BCUT2D eigenvalue weighted by Gasteiger charge is 2.23. The number of aromatic amines is 1. The van der Waals surface area contributed by atoms with E-state index >= 15 is 0 Å². The predicted molar refractivity (Wildman–Crippen MR) is 85.1 cm³/mol. The van der Waals surface area contributed by atoms with Crippen molar-refractivity contribution in [3.63, 3.8) is 0 Å². The van der Waals surface area contributed by atoms with Gasteiger partial charge in [-0.2, -0.15) is 0 Å². The molecule has 0 fully saturated rings. The lowest BCUT2D eigenvalue weighted by molar-refractivity contribution is 0.808. The average molecular weight is 294 g/mol. The Morgan fingerprint density at radius 3 is 2.19 bits per heavy atom. The molecule has 2 heterocycles. The number of nitrogens with zero attached hydrogens (tertiary/aromatic N) is 3. The summed E-state index contributed by atoms with van der Waals surface area (Å²) in [5, 5.41) is 7.34. The Hall–Kier alpha value is -2.40. The maximum atomic E-state index is 5.39. The minimum absolute atomic E-state index is 0.618. The Bertz CT molecular complexity index is 810. The summed E-state index contributed by atoms with van der Waals surface area (Å²) < 4.78 is 2.61. The SMILES string of the molecule is S=c1[nH]nc(N2Cc3ccccc3C2)n1-c1ccccc1. The molecule has 0 amide bonds. The van der Waals surface area contributed by atoms with Crippen LogP contribution in [0.4, 0.5) is 5.95 Å². The molecule has 0 unspecified atom stereocenters. The summed E-state index contributed by atoms with van der Waals surface area (Å²) in [6.45, 7) is 1.73. The normalized spacial score (nSPS) is 13.4. The molecule has 3 aromatic rings. The van der Waals surface area contributed by atoms with Gasteiger partial charge in [0, 0.05) is 13.1 Å². The number of H-pyrrole nitrogens is 1. The van der Waals surface area contributed by atoms with E-state index in [4.69, 9.17) is 12.2 Å². The van der Waals surface area contributed by atoms with E-state index in [-0.39, 0.29) is 0 Å². The van der Waals surface area contributed by atoms with Crippen molar-refractivity contribution >= 4 is 18.2 Å². The van der Waals surface area contributed by atoms with Gasteiger partial charge in [-0.25, -0.2) is 5.10 Å². The van der Waals surface area contributed by atoms with Crippen LogP contribution in [0.1, 0.15) is 11.1 Å². The highest BCUT2D eigenvalue weighted by atomic mass is 32.1. The summed E-state index contributed by atoms with van der Waals surface area (Å²) in [5.41, 5.74) is 3.74. The lowest BCUT2D eigenvalue weighted by Gasteiger charge is -2.17. The van der Waals surface area contributed by atoms with Crippen LogP contribution >= 0.6 is 12.2 Å². The third-order valence-electron chi connectivity index (χ3n) is 3.79. The number of aromatic nitrogens is 3. The molecule has 1 aromatic heterocycles. The van der Waals surface area contributed by atoms with Gasteiger partial charge in [-0.1, -0.05) is 42.5 Å². The first-order valence-corrected chi connectivity index (χ1v) is 7.28. The van der Waals surface area contributed by atoms with Crippen LogP contribution in [0.15, 0.2) is 54.6 Å². The van der Waals surface area contributed by atoms with Crippen LogP contribution in [0.25, 0.3) is 5.69 Å². The van der Waals surface area contributed by atoms with E-state index in [1.165, 1.54) is 11.1 Å². The largest absolute Gasteiger partial charge is 0.332 e. The van der Waals surface area contributed by atoms with Crippen LogP contribution in [-0.4, -0.2) is 14.8 Å². The van der Waals surface area contributed by atoms with Gasteiger partial charge in [-0.15, -0.1) is 5.10 Å². The van der Waals surface area contributed by atoms with Gasteiger partial charge in [-0.05, 0) is 35.5 Å². The molecule has 0 bridgehead atoms. The van der Waals surface area contributed by atoms with Crippen LogP contribution in [0.3, 0.4) is 0 Å². The number of hydrogen-bond donors (Lipinski definition) is 1. The standard InChI is InChI=1S/C16H14N4S/c21-16-18-17-15(20(16)14-8-2-1-3-9-14)19-10-12-6-4-5-7-13(12)11-19/h1-9H,10-11H2,(H,18,21). The molecular formula is C16H14N4S. The van der Waals surface area contributed by atoms with Gasteiger partial charge in [0.15, 0.2) is 0 Å². The molecule has 0 radical (unpaired) electrons. The molecule has 104 valence electrons. The van der Waals surface area contributed by atoms with Crippen molar-refractivity contribution in [2.24, 2.45) is 0 Å². The van der Waals surface area contributed by atoms with Crippen molar-refractivity contribution in [3.8, 4) is 5.69 Å². The summed E-state index contributed by atoms with van der Waals surface area (Å²) in [5.74, 6) is 0.863. The first-order chi connectivity index (χ1) is 10.3. The molecule has 0 spiro atoms. The molecule has 1 aliphatic heterocycles. The number of hydrogen-bond acceptors (Lipinski definition) is 3. The smallest absolute Gasteiger partial charge is 0.231 e. The third kappa shape index (κ3) is 2.06. The quantitative estimate of drug-likeness (QED) is 0.736. The maximum absolute atomic E-state index is 5.39. The van der Waals surface area contributed by atoms with Crippen molar-refractivity contribution in [3.05, 3.63) is 70.5 Å². The molecule has 4 nitrogen and oxygen atoms in total. The molecule has 0 atom stereocenters. The van der Waals surface area contributed by atoms with E-state index in [2.05, 4.69) is 39.4 Å². The summed E-state index contributed by atoms with van der Waals surface area (Å²) in [4.78, 5) is 2.24. The van der Waals surface area contributed by atoms with Crippen molar-refractivity contribution < 1.29 is 0 Å². The first kappa shape index (κ1) is 12.3. The summed E-state index contributed by atoms with van der Waals surface area (Å²) in [6.07, 6.45) is 0. The maximum Gasteiger partial charge on any atom is 0.231 e. The molecule has 1 N–H and O–H groups in total.